The summed E-state index contributed by atoms with van der Waals surface area (Å²) in [7, 11) is 1.33. The van der Waals surface area contributed by atoms with Crippen LogP contribution in [0.25, 0.3) is 0 Å². The standard InChI is InChI=1S/C10H12ClN3O2S/c1-6(3-9(15)16-2)5-17-10-13-7(11)4-8(12)14-10/h3-4H,5H2,1-2H3,(H2,12,13,14)/b6-3+. The molecule has 0 unspecified atom stereocenters. The summed E-state index contributed by atoms with van der Waals surface area (Å²) in [4.78, 5) is 19.0. The van der Waals surface area contributed by atoms with Gasteiger partial charge in [0.25, 0.3) is 0 Å². The molecule has 0 bridgehead atoms. The molecule has 0 spiro atoms. The normalized spacial score (nSPS) is 11.4. The molecule has 0 saturated heterocycles. The highest BCUT2D eigenvalue weighted by Gasteiger charge is 2.03. The van der Waals surface area contributed by atoms with E-state index in [-0.39, 0.29) is 5.97 Å². The lowest BCUT2D eigenvalue weighted by Crippen LogP contribution is -1.98. The maximum absolute atomic E-state index is 11.0. The molecule has 2 N–H and O–H groups in total. The van der Waals surface area contributed by atoms with Gasteiger partial charge in [0.2, 0.25) is 0 Å². The number of methoxy groups -OCH3 is 1. The van der Waals surface area contributed by atoms with E-state index in [0.717, 1.165) is 5.57 Å². The largest absolute Gasteiger partial charge is 0.466 e. The van der Waals surface area contributed by atoms with Gasteiger partial charge in [-0.25, -0.2) is 14.8 Å². The van der Waals surface area contributed by atoms with Crippen molar-refractivity contribution in [3.05, 3.63) is 22.9 Å². The zero-order valence-electron chi connectivity index (χ0n) is 9.44. The monoisotopic (exact) mass is 273 g/mol. The molecule has 5 nitrogen and oxygen atoms in total. The third kappa shape index (κ3) is 5.06. The number of anilines is 1. The van der Waals surface area contributed by atoms with Crippen LogP contribution in [0.5, 0.6) is 0 Å². The van der Waals surface area contributed by atoms with Gasteiger partial charge in [-0.1, -0.05) is 28.9 Å². The Balaban J connectivity index is 2.61. The van der Waals surface area contributed by atoms with Crippen LogP contribution in [-0.4, -0.2) is 28.8 Å². The fraction of sp³-hybridized carbons (Fsp3) is 0.300. The molecular formula is C10H12ClN3O2S. The van der Waals surface area contributed by atoms with Crippen LogP contribution in [0.1, 0.15) is 6.92 Å². The summed E-state index contributed by atoms with van der Waals surface area (Å²) in [5, 5.41) is 0.780. The Labute approximate surface area is 108 Å². The average molecular weight is 274 g/mol. The summed E-state index contributed by atoms with van der Waals surface area (Å²) < 4.78 is 4.51. The molecule has 0 saturated carbocycles. The van der Waals surface area contributed by atoms with E-state index in [4.69, 9.17) is 17.3 Å². The number of halogens is 1. The Morgan fingerprint density at radius 2 is 2.35 bits per heavy atom. The molecule has 1 rings (SSSR count). The van der Waals surface area contributed by atoms with Crippen molar-refractivity contribution in [2.75, 3.05) is 18.6 Å². The van der Waals surface area contributed by atoms with Gasteiger partial charge in [-0.15, -0.1) is 0 Å². The maximum atomic E-state index is 11.0. The number of aromatic nitrogens is 2. The van der Waals surface area contributed by atoms with Crippen LogP contribution in [0.2, 0.25) is 5.15 Å². The van der Waals surface area contributed by atoms with Gasteiger partial charge in [-0.3, -0.25) is 0 Å². The van der Waals surface area contributed by atoms with Crippen molar-refractivity contribution in [2.24, 2.45) is 0 Å². The minimum atomic E-state index is -0.380. The zero-order chi connectivity index (χ0) is 12.8. The van der Waals surface area contributed by atoms with Crippen LogP contribution in [0, 0.1) is 0 Å². The first kappa shape index (κ1) is 13.8. The van der Waals surface area contributed by atoms with Crippen molar-refractivity contribution in [3.63, 3.8) is 0 Å². The number of hydrogen-bond acceptors (Lipinski definition) is 6. The number of esters is 1. The van der Waals surface area contributed by atoms with Crippen LogP contribution in [0.4, 0.5) is 5.82 Å². The summed E-state index contributed by atoms with van der Waals surface area (Å²) >= 11 is 7.09. The van der Waals surface area contributed by atoms with Crippen molar-refractivity contribution in [1.82, 2.24) is 9.97 Å². The molecule has 0 aromatic carbocycles. The van der Waals surface area contributed by atoms with Crippen molar-refractivity contribution < 1.29 is 9.53 Å². The van der Waals surface area contributed by atoms with Gasteiger partial charge < -0.3 is 10.5 Å². The lowest BCUT2D eigenvalue weighted by atomic mass is 10.3. The van der Waals surface area contributed by atoms with Crippen LogP contribution in [0.3, 0.4) is 0 Å². The fourth-order valence-corrected chi connectivity index (χ4v) is 1.97. The van der Waals surface area contributed by atoms with E-state index in [1.807, 2.05) is 6.92 Å². The maximum Gasteiger partial charge on any atom is 0.330 e. The van der Waals surface area contributed by atoms with Crippen molar-refractivity contribution >= 4 is 35.1 Å². The second-order valence-corrected chi connectivity index (χ2v) is 4.53. The number of rotatable bonds is 4. The topological polar surface area (TPSA) is 78.1 Å². The molecular weight excluding hydrogens is 262 g/mol. The quantitative estimate of drug-likeness (QED) is 0.297. The SMILES string of the molecule is COC(=O)/C=C(\C)CSc1nc(N)cc(Cl)n1. The van der Waals surface area contributed by atoms with Crippen LogP contribution in [-0.2, 0) is 9.53 Å². The predicted molar refractivity (Wildman–Crippen MR) is 68.0 cm³/mol. The van der Waals surface area contributed by atoms with E-state index >= 15 is 0 Å². The average Bonchev–Trinajstić information content (AvgIpc) is 2.25. The molecule has 92 valence electrons. The number of nitrogen functional groups attached to an aromatic ring is 1. The van der Waals surface area contributed by atoms with Gasteiger partial charge in [0.15, 0.2) is 5.16 Å². The molecule has 0 fully saturated rings. The molecule has 0 aliphatic carbocycles. The first-order chi connectivity index (χ1) is 8.01. The Morgan fingerprint density at radius 3 is 2.94 bits per heavy atom. The molecule has 0 aliphatic rings. The van der Waals surface area contributed by atoms with Crippen molar-refractivity contribution in [2.45, 2.75) is 12.1 Å². The van der Waals surface area contributed by atoms with Crippen molar-refractivity contribution in [3.8, 4) is 0 Å². The second-order valence-electron chi connectivity index (χ2n) is 3.20. The summed E-state index contributed by atoms with van der Waals surface area (Å²) in [5.41, 5.74) is 6.38. The first-order valence-corrected chi connectivity index (χ1v) is 6.05. The van der Waals surface area contributed by atoms with Gasteiger partial charge in [0.1, 0.15) is 11.0 Å². The lowest BCUT2D eigenvalue weighted by molar-refractivity contribution is -0.134. The predicted octanol–water partition coefficient (Wildman–Crippen LogP) is 1.92. The van der Waals surface area contributed by atoms with Crippen LogP contribution >= 0.6 is 23.4 Å². The van der Waals surface area contributed by atoms with E-state index in [2.05, 4.69) is 14.7 Å². The van der Waals surface area contributed by atoms with E-state index in [9.17, 15) is 4.79 Å². The number of carbonyl (C=O) groups is 1. The molecule has 7 heteroatoms. The molecule has 1 aromatic heterocycles. The summed E-state index contributed by atoms with van der Waals surface area (Å²) in [6.45, 7) is 1.82. The molecule has 0 aliphatic heterocycles. The highest BCUT2D eigenvalue weighted by molar-refractivity contribution is 7.99. The highest BCUT2D eigenvalue weighted by Crippen LogP contribution is 2.19. The van der Waals surface area contributed by atoms with Gasteiger partial charge in [0.05, 0.1) is 7.11 Å². The lowest BCUT2D eigenvalue weighted by Gasteiger charge is -2.02. The zero-order valence-corrected chi connectivity index (χ0v) is 11.0. The number of hydrogen-bond donors (Lipinski definition) is 1. The van der Waals surface area contributed by atoms with Crippen LogP contribution < -0.4 is 5.73 Å². The van der Waals surface area contributed by atoms with Gasteiger partial charge >= 0.3 is 5.97 Å². The number of thioether (sulfide) groups is 1. The fourth-order valence-electron chi connectivity index (χ4n) is 0.958. The Bertz CT molecular complexity index is 431. The minimum absolute atomic E-state index is 0.301. The van der Waals surface area contributed by atoms with Gasteiger partial charge in [-0.2, -0.15) is 0 Å². The van der Waals surface area contributed by atoms with Gasteiger partial charge in [0, 0.05) is 17.9 Å². The molecule has 0 atom stereocenters. The Kier molecular flexibility index (Phi) is 5.24. The highest BCUT2D eigenvalue weighted by atomic mass is 35.5. The number of carbonyl (C=O) groups excluding carboxylic acids is 1. The van der Waals surface area contributed by atoms with E-state index < -0.39 is 0 Å². The van der Waals surface area contributed by atoms with E-state index in [1.54, 1.807) is 0 Å². The number of ether oxygens (including phenoxy) is 1. The number of nitrogens with zero attached hydrogens (tertiary/aromatic N) is 2. The van der Waals surface area contributed by atoms with Crippen LogP contribution in [0.15, 0.2) is 22.9 Å². The molecule has 1 heterocycles. The molecule has 17 heavy (non-hydrogen) atoms. The third-order valence-electron chi connectivity index (χ3n) is 1.69. The second kappa shape index (κ2) is 6.46. The molecule has 1 aromatic rings. The molecule has 0 radical (unpaired) electrons. The summed E-state index contributed by atoms with van der Waals surface area (Å²) in [6, 6.07) is 1.47. The van der Waals surface area contributed by atoms with Gasteiger partial charge in [-0.05, 0) is 6.92 Å². The third-order valence-corrected chi connectivity index (χ3v) is 2.92. The number of nitrogens with two attached hydrogens (primary N) is 1. The Morgan fingerprint density at radius 1 is 1.65 bits per heavy atom. The first-order valence-electron chi connectivity index (χ1n) is 4.69. The Hall–Kier alpha value is -1.27. The van der Waals surface area contributed by atoms with E-state index in [1.165, 1.54) is 31.0 Å². The van der Waals surface area contributed by atoms with E-state index in [0.29, 0.717) is 21.9 Å². The van der Waals surface area contributed by atoms with Crippen molar-refractivity contribution in [1.29, 1.82) is 0 Å². The minimum Gasteiger partial charge on any atom is -0.466 e. The molecule has 0 amide bonds. The summed E-state index contributed by atoms with van der Waals surface area (Å²) in [5.74, 6) is 0.506. The smallest absolute Gasteiger partial charge is 0.330 e. The summed E-state index contributed by atoms with van der Waals surface area (Å²) in [6.07, 6.45) is 1.42.